The van der Waals surface area contributed by atoms with Crippen molar-refractivity contribution in [3.8, 4) is 0 Å². The number of aromatic nitrogens is 2. The number of hydrogen-bond donors (Lipinski definition) is 0. The second-order valence-electron chi connectivity index (χ2n) is 4.40. The van der Waals surface area contributed by atoms with E-state index in [2.05, 4.69) is 10.2 Å². The molecule has 0 aliphatic carbocycles. The first-order valence-corrected chi connectivity index (χ1v) is 10.1. The molecule has 110 valence electrons. The zero-order valence-corrected chi connectivity index (χ0v) is 13.9. The Morgan fingerprint density at radius 2 is 2.00 bits per heavy atom. The minimum atomic E-state index is -3.36. The van der Waals surface area contributed by atoms with Crippen LogP contribution in [0.2, 0.25) is 0 Å². The van der Waals surface area contributed by atoms with Crippen molar-refractivity contribution in [1.82, 2.24) is 10.2 Å². The zero-order chi connectivity index (χ0) is 14.5. The fourth-order valence-corrected chi connectivity index (χ4v) is 5.96. The Morgan fingerprint density at radius 1 is 1.32 bits per heavy atom. The maximum absolute atomic E-state index is 12.1. The predicted octanol–water partition coefficient (Wildman–Crippen LogP) is 2.41. The van der Waals surface area contributed by atoms with E-state index in [0.717, 1.165) is 30.6 Å². The number of hydrogen-bond acceptors (Lipinski definition) is 6. The molecule has 0 radical (unpaired) electrons. The van der Waals surface area contributed by atoms with Crippen LogP contribution in [0.4, 0.5) is 0 Å². The summed E-state index contributed by atoms with van der Waals surface area (Å²) in [6, 6.07) is 0. The van der Waals surface area contributed by atoms with Crippen LogP contribution in [0.25, 0.3) is 0 Å². The van der Waals surface area contributed by atoms with E-state index in [-0.39, 0.29) is 15.3 Å². The van der Waals surface area contributed by atoms with Crippen molar-refractivity contribution in [2.45, 2.75) is 60.4 Å². The van der Waals surface area contributed by atoms with E-state index in [9.17, 15) is 13.0 Å². The van der Waals surface area contributed by atoms with E-state index in [1.54, 1.807) is 0 Å². The minimum absolute atomic E-state index is 0.00648. The van der Waals surface area contributed by atoms with E-state index < -0.39 is 21.0 Å². The largest absolute Gasteiger partial charge is 0.609 e. The summed E-state index contributed by atoms with van der Waals surface area (Å²) in [5.41, 5.74) is 0. The molecule has 0 bridgehead atoms. The second-order valence-corrected chi connectivity index (χ2v) is 9.71. The highest BCUT2D eigenvalue weighted by molar-refractivity contribution is 7.96. The highest BCUT2D eigenvalue weighted by Gasteiger charge is 2.28. The zero-order valence-electron chi connectivity index (χ0n) is 11.5. The first-order chi connectivity index (χ1) is 8.92. The molecule has 8 heteroatoms. The third-order valence-corrected chi connectivity index (χ3v) is 7.75. The molecule has 0 aliphatic heterocycles. The van der Waals surface area contributed by atoms with Gasteiger partial charge in [0, 0.05) is 11.2 Å². The highest BCUT2D eigenvalue weighted by Crippen LogP contribution is 2.25. The van der Waals surface area contributed by atoms with Crippen LogP contribution in [-0.4, -0.2) is 34.2 Å². The summed E-state index contributed by atoms with van der Waals surface area (Å²) in [4.78, 5) is 0. The van der Waals surface area contributed by atoms with Crippen molar-refractivity contribution in [3.63, 3.8) is 0 Å². The Balaban J connectivity index is 2.82. The summed E-state index contributed by atoms with van der Waals surface area (Å²) in [6.45, 7) is 5.84. The van der Waals surface area contributed by atoms with Crippen LogP contribution >= 0.6 is 11.3 Å². The predicted molar refractivity (Wildman–Crippen MR) is 77.6 cm³/mol. The van der Waals surface area contributed by atoms with Crippen LogP contribution in [0.5, 0.6) is 0 Å². The number of sulfone groups is 1. The van der Waals surface area contributed by atoms with Crippen molar-refractivity contribution < 1.29 is 13.0 Å². The molecule has 1 heterocycles. The van der Waals surface area contributed by atoms with Crippen molar-refractivity contribution in [2.75, 3.05) is 5.75 Å². The van der Waals surface area contributed by atoms with Gasteiger partial charge < -0.3 is 4.55 Å². The van der Waals surface area contributed by atoms with Gasteiger partial charge in [-0.1, -0.05) is 31.8 Å². The fourth-order valence-electron chi connectivity index (χ4n) is 1.51. The lowest BCUT2D eigenvalue weighted by atomic mass is 10.3. The summed E-state index contributed by atoms with van der Waals surface area (Å²) < 4.78 is 36.3. The first-order valence-electron chi connectivity index (χ1n) is 6.39. The Kier molecular flexibility index (Phi) is 6.72. The average Bonchev–Trinajstić information content (AvgIpc) is 2.86. The molecule has 2 atom stereocenters. The lowest BCUT2D eigenvalue weighted by Crippen LogP contribution is -2.17. The van der Waals surface area contributed by atoms with E-state index in [1.165, 1.54) is 0 Å². The maximum Gasteiger partial charge on any atom is 0.323 e. The molecule has 0 aromatic carbocycles. The van der Waals surface area contributed by atoms with Gasteiger partial charge in [-0.3, -0.25) is 0 Å². The third kappa shape index (κ3) is 4.70. The van der Waals surface area contributed by atoms with E-state index in [0.29, 0.717) is 10.8 Å². The molecule has 5 nitrogen and oxygen atoms in total. The molecule has 0 saturated heterocycles. The molecule has 0 saturated carbocycles. The first kappa shape index (κ1) is 16.9. The summed E-state index contributed by atoms with van der Waals surface area (Å²) in [5, 5.41) is 7.45. The van der Waals surface area contributed by atoms with Crippen LogP contribution in [0.3, 0.4) is 0 Å². The molecular weight excluding hydrogens is 304 g/mol. The number of rotatable bonds is 8. The Labute approximate surface area is 121 Å². The Morgan fingerprint density at radius 3 is 2.58 bits per heavy atom. The molecule has 2 unspecified atom stereocenters. The van der Waals surface area contributed by atoms with E-state index in [1.807, 2.05) is 20.8 Å². The van der Waals surface area contributed by atoms with Crippen molar-refractivity contribution >= 4 is 32.3 Å². The van der Waals surface area contributed by atoms with Gasteiger partial charge in [0.15, 0.2) is 0 Å². The topological polar surface area (TPSA) is 83.0 Å². The Hall–Kier alpha value is -0.180. The third-order valence-electron chi connectivity index (χ3n) is 2.65. The van der Waals surface area contributed by atoms with Gasteiger partial charge in [0.05, 0.1) is 5.75 Å². The SMILES string of the molecule is CCCCS(=O)(=O)c1nnc([S+]([O-])C(C)CCC)s1. The van der Waals surface area contributed by atoms with Crippen LogP contribution < -0.4 is 0 Å². The summed E-state index contributed by atoms with van der Waals surface area (Å²) in [6.07, 6.45) is 3.18. The van der Waals surface area contributed by atoms with Gasteiger partial charge in [0.25, 0.3) is 0 Å². The molecule has 0 fully saturated rings. The molecule has 1 aromatic heterocycles. The minimum Gasteiger partial charge on any atom is -0.609 e. The Bertz CT molecular complexity index is 487. The van der Waals surface area contributed by atoms with E-state index in [4.69, 9.17) is 0 Å². The molecule has 0 spiro atoms. The van der Waals surface area contributed by atoms with Crippen molar-refractivity contribution in [2.24, 2.45) is 0 Å². The molecule has 1 aromatic rings. The van der Waals surface area contributed by atoms with Gasteiger partial charge in [0.2, 0.25) is 14.2 Å². The van der Waals surface area contributed by atoms with Crippen LogP contribution in [0.15, 0.2) is 8.68 Å². The van der Waals surface area contributed by atoms with Crippen molar-refractivity contribution in [1.29, 1.82) is 0 Å². The lowest BCUT2D eigenvalue weighted by molar-refractivity contribution is 0.572. The van der Waals surface area contributed by atoms with Crippen LogP contribution in [0, 0.1) is 0 Å². The van der Waals surface area contributed by atoms with Gasteiger partial charge in [-0.05, 0) is 31.1 Å². The quantitative estimate of drug-likeness (QED) is 0.686. The van der Waals surface area contributed by atoms with Gasteiger partial charge in [-0.15, -0.1) is 5.10 Å². The van der Waals surface area contributed by atoms with Crippen LogP contribution in [-0.2, 0) is 21.0 Å². The molecule has 0 aliphatic rings. The van der Waals surface area contributed by atoms with Gasteiger partial charge in [0.1, 0.15) is 5.25 Å². The highest BCUT2D eigenvalue weighted by atomic mass is 32.3. The van der Waals surface area contributed by atoms with Gasteiger partial charge >= 0.3 is 4.34 Å². The van der Waals surface area contributed by atoms with E-state index >= 15 is 0 Å². The van der Waals surface area contributed by atoms with Gasteiger partial charge in [-0.2, -0.15) is 0 Å². The molecule has 0 amide bonds. The van der Waals surface area contributed by atoms with Crippen molar-refractivity contribution in [3.05, 3.63) is 0 Å². The standard InChI is InChI=1S/C11H20N2O3S3/c1-4-6-8-19(15,16)11-13-12-10(17-11)18(14)9(3)7-5-2/h9H,4-8H2,1-3H3. The monoisotopic (exact) mass is 324 g/mol. The lowest BCUT2D eigenvalue weighted by Gasteiger charge is -2.13. The maximum atomic E-state index is 12.1. The molecular formula is C11H20N2O3S3. The molecule has 1 rings (SSSR count). The summed E-state index contributed by atoms with van der Waals surface area (Å²) in [7, 11) is -3.36. The molecule has 19 heavy (non-hydrogen) atoms. The molecule has 0 N–H and O–H groups in total. The normalized spacial score (nSPS) is 15.4. The number of nitrogens with zero attached hydrogens (tertiary/aromatic N) is 2. The van der Waals surface area contributed by atoms with Crippen LogP contribution in [0.1, 0.15) is 46.5 Å². The fraction of sp³-hybridized carbons (Fsp3) is 0.818. The summed E-state index contributed by atoms with van der Waals surface area (Å²) >= 11 is -0.325. The second kappa shape index (κ2) is 7.56. The number of unbranched alkanes of at least 4 members (excludes halogenated alkanes) is 1. The van der Waals surface area contributed by atoms with Gasteiger partial charge in [-0.25, -0.2) is 8.42 Å². The average molecular weight is 324 g/mol. The smallest absolute Gasteiger partial charge is 0.323 e. The summed E-state index contributed by atoms with van der Waals surface area (Å²) in [5.74, 6) is 0.0787.